The zero-order valence-corrected chi connectivity index (χ0v) is 20.8. The number of alkyl halides is 3. The monoisotopic (exact) mass is 541 g/mol. The zero-order valence-electron chi connectivity index (χ0n) is 20.0. The molecule has 2 heterocycles. The van der Waals surface area contributed by atoms with E-state index in [4.69, 9.17) is 17.5 Å². The first-order chi connectivity index (χ1) is 17.9. The largest absolute Gasteiger partial charge is 0.417 e. The maximum absolute atomic E-state index is 15.0. The maximum Gasteiger partial charge on any atom is 0.417 e. The topological polar surface area (TPSA) is 89.3 Å². The molecule has 1 aliphatic heterocycles. The van der Waals surface area contributed by atoms with Gasteiger partial charge in [-0.3, -0.25) is 19.5 Å². The molecule has 12 heteroatoms. The van der Waals surface area contributed by atoms with Crippen molar-refractivity contribution in [1.82, 2.24) is 10.3 Å². The predicted octanol–water partition coefficient (Wildman–Crippen LogP) is 4.96. The number of hydrogen-bond acceptors (Lipinski definition) is 5. The summed E-state index contributed by atoms with van der Waals surface area (Å²) >= 11 is 5.47. The predicted molar refractivity (Wildman–Crippen MR) is 135 cm³/mol. The standard InChI is InChI=1S/C26H19F4N5O2S/c1-25(2)23(37)34(18-5-3-16(13-31)20(11-18)26(28,29)30)24(38)35(25)19-6-4-17(21(27)12-19)14-33-22(36)15-7-9-32-10-8-15/h3-12H,14H2,1-2H3,(H,33,36). The lowest BCUT2D eigenvalue weighted by Crippen LogP contribution is -2.44. The molecule has 0 atom stereocenters. The van der Waals surface area contributed by atoms with Gasteiger partial charge in [0.05, 0.1) is 22.9 Å². The van der Waals surface area contributed by atoms with Crippen molar-refractivity contribution in [1.29, 1.82) is 5.26 Å². The Labute approximate surface area is 220 Å². The number of nitrogens with one attached hydrogen (secondary N) is 1. The maximum atomic E-state index is 15.0. The van der Waals surface area contributed by atoms with Crippen molar-refractivity contribution in [3.05, 3.63) is 89.0 Å². The molecule has 7 nitrogen and oxygen atoms in total. The number of aromatic nitrogens is 1. The number of halogens is 4. The van der Waals surface area contributed by atoms with Crippen LogP contribution in [0.2, 0.25) is 0 Å². The number of nitrogens with zero attached hydrogens (tertiary/aromatic N) is 4. The first-order valence-corrected chi connectivity index (χ1v) is 11.5. The Balaban J connectivity index is 1.62. The number of amides is 2. The zero-order chi connectivity index (χ0) is 27.8. The summed E-state index contributed by atoms with van der Waals surface area (Å²) < 4.78 is 55.6. The van der Waals surface area contributed by atoms with Gasteiger partial charge in [0.25, 0.3) is 11.8 Å². The fourth-order valence-electron chi connectivity index (χ4n) is 4.06. The molecule has 0 saturated carbocycles. The second-order valence-electron chi connectivity index (χ2n) is 8.85. The molecule has 3 aromatic rings. The van der Waals surface area contributed by atoms with Crippen LogP contribution >= 0.6 is 12.2 Å². The average molecular weight is 542 g/mol. The minimum absolute atomic E-state index is 0.113. The normalized spacial score (nSPS) is 15.0. The van der Waals surface area contributed by atoms with E-state index in [9.17, 15) is 22.8 Å². The fraction of sp³-hybridized carbons (Fsp3) is 0.192. The SMILES string of the molecule is CC1(C)C(=O)N(c2ccc(C#N)c(C(F)(F)F)c2)C(=S)N1c1ccc(CNC(=O)c2ccncc2)c(F)c1. The van der Waals surface area contributed by atoms with Gasteiger partial charge in [0.2, 0.25) is 0 Å². The number of anilines is 2. The Bertz CT molecular complexity index is 1490. The summed E-state index contributed by atoms with van der Waals surface area (Å²) in [6, 6.07) is 11.4. The Morgan fingerprint density at radius 3 is 2.37 bits per heavy atom. The Morgan fingerprint density at radius 2 is 1.76 bits per heavy atom. The van der Waals surface area contributed by atoms with E-state index in [-0.39, 0.29) is 28.6 Å². The van der Waals surface area contributed by atoms with Crippen LogP contribution in [-0.2, 0) is 17.5 Å². The molecule has 1 saturated heterocycles. The van der Waals surface area contributed by atoms with Crippen molar-refractivity contribution in [2.75, 3.05) is 9.80 Å². The molecule has 194 valence electrons. The Kier molecular flexibility index (Phi) is 6.90. The number of hydrogen-bond donors (Lipinski definition) is 1. The van der Waals surface area contributed by atoms with Gasteiger partial charge in [0.1, 0.15) is 11.4 Å². The molecule has 1 aliphatic rings. The Hall–Kier alpha value is -4.37. The van der Waals surface area contributed by atoms with Gasteiger partial charge in [0, 0.05) is 35.8 Å². The lowest BCUT2D eigenvalue weighted by molar-refractivity contribution is -0.137. The van der Waals surface area contributed by atoms with E-state index >= 15 is 4.39 Å². The first-order valence-electron chi connectivity index (χ1n) is 11.1. The summed E-state index contributed by atoms with van der Waals surface area (Å²) in [6.07, 6.45) is -1.92. The number of rotatable bonds is 5. The van der Waals surface area contributed by atoms with Crippen molar-refractivity contribution >= 4 is 40.5 Å². The second kappa shape index (κ2) is 9.83. The summed E-state index contributed by atoms with van der Waals surface area (Å²) in [5.41, 5.74) is -2.61. The quantitative estimate of drug-likeness (QED) is 0.363. The highest BCUT2D eigenvalue weighted by molar-refractivity contribution is 7.81. The second-order valence-corrected chi connectivity index (χ2v) is 9.22. The van der Waals surface area contributed by atoms with Crippen molar-refractivity contribution in [2.45, 2.75) is 32.1 Å². The third-order valence-electron chi connectivity index (χ3n) is 6.03. The van der Waals surface area contributed by atoms with E-state index in [0.29, 0.717) is 11.6 Å². The lowest BCUT2D eigenvalue weighted by Gasteiger charge is -2.29. The number of thiocarbonyl (C=S) groups is 1. The van der Waals surface area contributed by atoms with E-state index in [0.717, 1.165) is 17.0 Å². The van der Waals surface area contributed by atoms with Crippen LogP contribution in [0.5, 0.6) is 0 Å². The first kappa shape index (κ1) is 26.7. The molecule has 0 unspecified atom stereocenters. The number of benzene rings is 2. The molecule has 0 spiro atoms. The minimum Gasteiger partial charge on any atom is -0.348 e. The number of pyridine rings is 1. The van der Waals surface area contributed by atoms with E-state index < -0.39 is 40.5 Å². The molecule has 1 N–H and O–H groups in total. The highest BCUT2D eigenvalue weighted by Crippen LogP contribution is 2.39. The molecular formula is C26H19F4N5O2S. The molecular weight excluding hydrogens is 522 g/mol. The van der Waals surface area contributed by atoms with Crippen LogP contribution in [0.4, 0.5) is 28.9 Å². The molecule has 0 aliphatic carbocycles. The molecule has 0 bridgehead atoms. The summed E-state index contributed by atoms with van der Waals surface area (Å²) in [4.78, 5) is 31.7. The lowest BCUT2D eigenvalue weighted by atomic mass is 10.0. The van der Waals surface area contributed by atoms with Crippen LogP contribution < -0.4 is 15.1 Å². The molecule has 1 fully saturated rings. The highest BCUT2D eigenvalue weighted by atomic mass is 32.1. The molecule has 4 rings (SSSR count). The summed E-state index contributed by atoms with van der Waals surface area (Å²) in [5, 5.41) is 11.5. The van der Waals surface area contributed by atoms with Crippen molar-refractivity contribution < 1.29 is 27.2 Å². The average Bonchev–Trinajstić information content (AvgIpc) is 3.05. The fourth-order valence-corrected chi connectivity index (χ4v) is 4.58. The van der Waals surface area contributed by atoms with Crippen LogP contribution in [0.3, 0.4) is 0 Å². The minimum atomic E-state index is -4.83. The van der Waals surface area contributed by atoms with Gasteiger partial charge >= 0.3 is 6.18 Å². The van der Waals surface area contributed by atoms with Crippen LogP contribution in [0.25, 0.3) is 0 Å². The molecule has 0 radical (unpaired) electrons. The van der Waals surface area contributed by atoms with Gasteiger partial charge in [0.15, 0.2) is 5.11 Å². The van der Waals surface area contributed by atoms with Gasteiger partial charge in [-0.05, 0) is 68.5 Å². The van der Waals surface area contributed by atoms with Gasteiger partial charge in [-0.1, -0.05) is 6.07 Å². The summed E-state index contributed by atoms with van der Waals surface area (Å²) in [5.74, 6) is -1.73. The number of carbonyl (C=O) groups excluding carboxylic acids is 2. The summed E-state index contributed by atoms with van der Waals surface area (Å²) in [7, 11) is 0. The molecule has 2 amide bonds. The van der Waals surface area contributed by atoms with E-state index in [1.54, 1.807) is 0 Å². The van der Waals surface area contributed by atoms with Gasteiger partial charge in [-0.2, -0.15) is 18.4 Å². The third-order valence-corrected chi connectivity index (χ3v) is 6.40. The van der Waals surface area contributed by atoms with Gasteiger partial charge < -0.3 is 10.2 Å². The van der Waals surface area contributed by atoms with Crippen LogP contribution in [-0.4, -0.2) is 27.4 Å². The van der Waals surface area contributed by atoms with Crippen LogP contribution in [0.1, 0.15) is 40.9 Å². The summed E-state index contributed by atoms with van der Waals surface area (Å²) in [6.45, 7) is 2.91. The van der Waals surface area contributed by atoms with E-state index in [1.165, 1.54) is 67.5 Å². The highest BCUT2D eigenvalue weighted by Gasteiger charge is 2.50. The van der Waals surface area contributed by atoms with E-state index in [2.05, 4.69) is 10.3 Å². The molecule has 2 aromatic carbocycles. The van der Waals surface area contributed by atoms with E-state index in [1.807, 2.05) is 0 Å². The van der Waals surface area contributed by atoms with Crippen molar-refractivity contribution in [3.63, 3.8) is 0 Å². The van der Waals surface area contributed by atoms with Crippen molar-refractivity contribution in [3.8, 4) is 6.07 Å². The van der Waals surface area contributed by atoms with Crippen LogP contribution in [0.15, 0.2) is 60.9 Å². The molecule has 1 aromatic heterocycles. The third kappa shape index (κ3) is 4.80. The smallest absolute Gasteiger partial charge is 0.348 e. The number of carbonyl (C=O) groups is 2. The van der Waals surface area contributed by atoms with Gasteiger partial charge in [-0.25, -0.2) is 4.39 Å². The Morgan fingerprint density at radius 1 is 1.11 bits per heavy atom. The van der Waals surface area contributed by atoms with Crippen molar-refractivity contribution in [2.24, 2.45) is 0 Å². The number of nitriles is 1. The molecule has 38 heavy (non-hydrogen) atoms. The van der Waals surface area contributed by atoms with Crippen LogP contribution in [0, 0.1) is 17.1 Å². The van der Waals surface area contributed by atoms with Gasteiger partial charge in [-0.15, -0.1) is 0 Å².